The summed E-state index contributed by atoms with van der Waals surface area (Å²) < 4.78 is 73.8. The average Bonchev–Trinajstić information content (AvgIpc) is 3.26. The van der Waals surface area contributed by atoms with Gasteiger partial charge in [0, 0.05) is 5.41 Å². The van der Waals surface area contributed by atoms with Crippen molar-refractivity contribution < 1.29 is 35.3 Å². The van der Waals surface area contributed by atoms with Gasteiger partial charge in [0.2, 0.25) is 0 Å². The number of hydrogen-bond donors (Lipinski definition) is 0. The maximum atomic E-state index is 13.4. The number of halogens is 3. The van der Waals surface area contributed by atoms with Gasteiger partial charge in [-0.1, -0.05) is 46.8 Å². The fourth-order valence-corrected chi connectivity index (χ4v) is 12.2. The highest BCUT2D eigenvalue weighted by molar-refractivity contribution is 7.87. The predicted molar refractivity (Wildman–Crippen MR) is 151 cm³/mol. The van der Waals surface area contributed by atoms with Crippen molar-refractivity contribution >= 4 is 16.1 Å². The SMILES string of the molecule is C=C(C)C1CCC2(C(=O)OC)CCC3(C)C(CCC4C5(C)CC=C(OS(=O)(=O)C(F)(F)F)C(C)(C)C5CCC43C)C12. The number of esters is 1. The monoisotopic (exact) mass is 600 g/mol. The summed E-state index contributed by atoms with van der Waals surface area (Å²) in [4.78, 5) is 13.4. The van der Waals surface area contributed by atoms with Crippen LogP contribution in [0.5, 0.6) is 0 Å². The van der Waals surface area contributed by atoms with Crippen LogP contribution in [-0.4, -0.2) is 27.0 Å². The molecular weight excluding hydrogens is 553 g/mol. The van der Waals surface area contributed by atoms with Crippen molar-refractivity contribution in [1.82, 2.24) is 0 Å². The summed E-state index contributed by atoms with van der Waals surface area (Å²) >= 11 is 0. The number of rotatable bonds is 4. The van der Waals surface area contributed by atoms with Gasteiger partial charge in [-0.05, 0) is 117 Å². The van der Waals surface area contributed by atoms with Crippen LogP contribution in [-0.2, 0) is 23.8 Å². The summed E-state index contributed by atoms with van der Waals surface area (Å²) in [6, 6.07) is 0. The van der Waals surface area contributed by atoms with Crippen molar-refractivity contribution in [3.05, 3.63) is 24.0 Å². The molecule has 0 aromatic rings. The lowest BCUT2D eigenvalue weighted by Crippen LogP contribution is -2.66. The third kappa shape index (κ3) is 3.98. The summed E-state index contributed by atoms with van der Waals surface area (Å²) in [5.41, 5.74) is -5.93. The number of fused-ring (bicyclic) bond motifs is 7. The fraction of sp³-hybridized carbons (Fsp3) is 0.844. The number of allylic oxidation sites excluding steroid dienone is 3. The molecule has 0 amide bonds. The third-order valence-electron chi connectivity index (χ3n) is 13.6. The number of hydrogen-bond acceptors (Lipinski definition) is 5. The van der Waals surface area contributed by atoms with Gasteiger partial charge in [0.25, 0.3) is 0 Å². The normalized spacial score (nSPS) is 45.3. The molecule has 9 heteroatoms. The van der Waals surface area contributed by atoms with Crippen molar-refractivity contribution in [3.8, 4) is 0 Å². The second-order valence-electron chi connectivity index (χ2n) is 15.3. The van der Waals surface area contributed by atoms with Crippen LogP contribution in [0.25, 0.3) is 0 Å². The zero-order valence-corrected chi connectivity index (χ0v) is 26.4. The molecule has 0 heterocycles. The quantitative estimate of drug-likeness (QED) is 0.141. The molecule has 0 saturated heterocycles. The number of methoxy groups -OCH3 is 1. The van der Waals surface area contributed by atoms with E-state index >= 15 is 0 Å². The first-order chi connectivity index (χ1) is 18.7. The second kappa shape index (κ2) is 9.25. The van der Waals surface area contributed by atoms with Crippen LogP contribution in [0.1, 0.15) is 99.3 Å². The molecule has 9 atom stereocenters. The predicted octanol–water partition coefficient (Wildman–Crippen LogP) is 8.18. The van der Waals surface area contributed by atoms with Crippen molar-refractivity contribution in [1.29, 1.82) is 0 Å². The van der Waals surface area contributed by atoms with E-state index in [4.69, 9.17) is 8.92 Å². The minimum absolute atomic E-state index is 0.0195. The van der Waals surface area contributed by atoms with Gasteiger partial charge in [-0.3, -0.25) is 4.79 Å². The second-order valence-corrected chi connectivity index (χ2v) is 16.8. The first-order valence-electron chi connectivity index (χ1n) is 15.2. The zero-order valence-electron chi connectivity index (χ0n) is 25.6. The first-order valence-corrected chi connectivity index (χ1v) is 16.6. The molecule has 4 fully saturated rings. The highest BCUT2D eigenvalue weighted by atomic mass is 32.2. The Labute approximate surface area is 243 Å². The Bertz CT molecular complexity index is 1270. The number of carbonyl (C=O) groups excluding carboxylic acids is 1. The Hall–Kier alpha value is -1.51. The topological polar surface area (TPSA) is 69.7 Å². The molecule has 5 aliphatic rings. The molecule has 0 bridgehead atoms. The molecule has 41 heavy (non-hydrogen) atoms. The lowest BCUT2D eigenvalue weighted by Gasteiger charge is -2.72. The van der Waals surface area contributed by atoms with Crippen LogP contribution in [0.2, 0.25) is 0 Å². The Kier molecular flexibility index (Phi) is 6.98. The average molecular weight is 601 g/mol. The Morgan fingerprint density at radius 1 is 0.951 bits per heavy atom. The van der Waals surface area contributed by atoms with Crippen molar-refractivity contribution in [2.75, 3.05) is 7.11 Å². The van der Waals surface area contributed by atoms with Crippen molar-refractivity contribution in [3.63, 3.8) is 0 Å². The molecule has 0 radical (unpaired) electrons. The molecule has 5 aliphatic carbocycles. The molecule has 4 saturated carbocycles. The molecule has 5 rings (SSSR count). The van der Waals surface area contributed by atoms with E-state index in [1.807, 2.05) is 13.8 Å². The molecular formula is C32H47F3O5S. The Morgan fingerprint density at radius 2 is 1.61 bits per heavy atom. The molecule has 0 N–H and O–H groups in total. The largest absolute Gasteiger partial charge is 0.534 e. The zero-order chi connectivity index (χ0) is 30.6. The van der Waals surface area contributed by atoms with E-state index in [1.54, 1.807) is 6.08 Å². The third-order valence-corrected chi connectivity index (χ3v) is 14.6. The molecule has 0 aromatic heterocycles. The van der Waals surface area contributed by atoms with E-state index in [1.165, 1.54) is 7.11 Å². The van der Waals surface area contributed by atoms with E-state index in [0.29, 0.717) is 18.3 Å². The van der Waals surface area contributed by atoms with Gasteiger partial charge in [-0.15, -0.1) is 0 Å². The summed E-state index contributed by atoms with van der Waals surface area (Å²) in [6.07, 6.45) is 9.31. The lowest BCUT2D eigenvalue weighted by molar-refractivity contribution is -0.231. The van der Waals surface area contributed by atoms with Gasteiger partial charge in [-0.2, -0.15) is 21.6 Å². The van der Waals surface area contributed by atoms with Crippen molar-refractivity contribution in [2.45, 2.75) is 105 Å². The Balaban J connectivity index is 1.52. The van der Waals surface area contributed by atoms with Gasteiger partial charge < -0.3 is 8.92 Å². The Morgan fingerprint density at radius 3 is 2.20 bits per heavy atom. The molecule has 0 aromatic carbocycles. The van der Waals surface area contributed by atoms with Gasteiger partial charge in [0.1, 0.15) is 5.76 Å². The fourth-order valence-electron chi connectivity index (χ4n) is 11.6. The highest BCUT2D eigenvalue weighted by Gasteiger charge is 2.72. The first kappa shape index (κ1) is 30.9. The van der Waals surface area contributed by atoms with Crippen LogP contribution in [0.15, 0.2) is 24.0 Å². The lowest BCUT2D eigenvalue weighted by atomic mass is 9.32. The standard InChI is InChI=1S/C32H47F3O5S/c1-19(2)20-11-16-31(26(36)39-8)18-17-29(6)21(25(20)31)9-10-23-28(5)14-13-24(40-41(37,38)32(33,34)35)27(3,4)22(28)12-15-30(23,29)7/h13,20-23,25H,1,9-12,14-18H2,2-8H3. The van der Waals surface area contributed by atoms with Crippen LogP contribution in [0.4, 0.5) is 13.2 Å². The number of alkyl halides is 3. The van der Waals surface area contributed by atoms with Crippen molar-refractivity contribution in [2.24, 2.45) is 56.7 Å². The number of carbonyl (C=O) groups is 1. The van der Waals surface area contributed by atoms with Crippen LogP contribution >= 0.6 is 0 Å². The van der Waals surface area contributed by atoms with E-state index in [2.05, 4.69) is 34.3 Å². The van der Waals surface area contributed by atoms with Gasteiger partial charge >= 0.3 is 21.6 Å². The van der Waals surface area contributed by atoms with Gasteiger partial charge in [0.15, 0.2) is 0 Å². The summed E-state index contributed by atoms with van der Waals surface area (Å²) in [7, 11) is -4.23. The summed E-state index contributed by atoms with van der Waals surface area (Å²) in [5, 5.41) is 0. The van der Waals surface area contributed by atoms with Gasteiger partial charge in [-0.25, -0.2) is 0 Å². The van der Waals surface area contributed by atoms with Crippen LogP contribution < -0.4 is 0 Å². The molecule has 0 spiro atoms. The van der Waals surface area contributed by atoms with E-state index < -0.39 is 26.5 Å². The molecule has 9 unspecified atom stereocenters. The summed E-state index contributed by atoms with van der Waals surface area (Å²) in [6.45, 7) is 17.3. The summed E-state index contributed by atoms with van der Waals surface area (Å²) in [5.74, 6) is 0.963. The highest BCUT2D eigenvalue weighted by Crippen LogP contribution is 2.77. The van der Waals surface area contributed by atoms with E-state index in [0.717, 1.165) is 56.9 Å². The molecule has 5 nitrogen and oxygen atoms in total. The maximum Gasteiger partial charge on any atom is 0.534 e. The minimum Gasteiger partial charge on any atom is -0.469 e. The smallest absolute Gasteiger partial charge is 0.469 e. The van der Waals surface area contributed by atoms with E-state index in [-0.39, 0.29) is 45.7 Å². The maximum absolute atomic E-state index is 13.4. The minimum atomic E-state index is -5.74. The van der Waals surface area contributed by atoms with Crippen LogP contribution in [0.3, 0.4) is 0 Å². The van der Waals surface area contributed by atoms with Gasteiger partial charge in [0.05, 0.1) is 12.5 Å². The number of ether oxygens (including phenoxy) is 1. The molecule has 232 valence electrons. The van der Waals surface area contributed by atoms with E-state index in [9.17, 15) is 26.4 Å². The van der Waals surface area contributed by atoms with Crippen LogP contribution in [0, 0.1) is 56.7 Å². The molecule has 0 aliphatic heterocycles.